The summed E-state index contributed by atoms with van der Waals surface area (Å²) >= 11 is 0. The van der Waals surface area contributed by atoms with Crippen LogP contribution in [0.4, 0.5) is 0 Å². The van der Waals surface area contributed by atoms with Gasteiger partial charge in [0.1, 0.15) is 0 Å². The smallest absolute Gasteiger partial charge is 0.0947 e. The monoisotopic (exact) mass is 270 g/mol. The van der Waals surface area contributed by atoms with E-state index in [0.29, 0.717) is 6.54 Å². The van der Waals surface area contributed by atoms with Crippen LogP contribution in [0.3, 0.4) is 0 Å². The molecule has 0 spiro atoms. The predicted octanol–water partition coefficient (Wildman–Crippen LogP) is 3.04. The van der Waals surface area contributed by atoms with Crippen LogP contribution in [-0.2, 0) is 11.2 Å². The molecule has 0 saturated carbocycles. The number of hydrogen-bond acceptors (Lipinski definition) is 3. The molecule has 0 aliphatic carbocycles. The summed E-state index contributed by atoms with van der Waals surface area (Å²) in [7, 11) is 0. The third-order valence-corrected chi connectivity index (χ3v) is 3.31. The van der Waals surface area contributed by atoms with E-state index in [9.17, 15) is 0 Å². The molecule has 3 heteroatoms. The highest BCUT2D eigenvalue weighted by Gasteiger charge is 2.09. The molecular weight excluding hydrogens is 248 g/mol. The maximum atomic E-state index is 5.91. The Kier molecular flexibility index (Phi) is 5.71. The van der Waals surface area contributed by atoms with Crippen LogP contribution in [-0.4, -0.2) is 18.1 Å². The lowest BCUT2D eigenvalue weighted by Crippen LogP contribution is -2.16. The lowest BCUT2D eigenvalue weighted by atomic mass is 10.1. The highest BCUT2D eigenvalue weighted by Crippen LogP contribution is 2.17. The first-order valence-corrected chi connectivity index (χ1v) is 7.06. The van der Waals surface area contributed by atoms with E-state index in [1.54, 1.807) is 0 Å². The summed E-state index contributed by atoms with van der Waals surface area (Å²) in [5, 5.41) is 0. The normalized spacial score (nSPS) is 12.3. The van der Waals surface area contributed by atoms with E-state index in [0.717, 1.165) is 25.0 Å². The molecule has 1 atom stereocenters. The van der Waals surface area contributed by atoms with Crippen molar-refractivity contribution in [3.05, 3.63) is 65.5 Å². The molecule has 1 aromatic heterocycles. The molecular formula is C17H22N2O. The van der Waals surface area contributed by atoms with Gasteiger partial charge in [0.2, 0.25) is 0 Å². The fraction of sp³-hybridized carbons (Fsp3) is 0.353. The summed E-state index contributed by atoms with van der Waals surface area (Å²) < 4.78 is 5.91. The Morgan fingerprint density at radius 3 is 2.70 bits per heavy atom. The fourth-order valence-corrected chi connectivity index (χ4v) is 2.22. The van der Waals surface area contributed by atoms with Crippen LogP contribution in [0, 0.1) is 6.92 Å². The maximum Gasteiger partial charge on any atom is 0.0947 e. The average Bonchev–Trinajstić information content (AvgIpc) is 2.48. The van der Waals surface area contributed by atoms with Crippen LogP contribution >= 0.6 is 0 Å². The zero-order valence-electron chi connectivity index (χ0n) is 12.0. The van der Waals surface area contributed by atoms with Crippen molar-refractivity contribution in [1.82, 2.24) is 4.98 Å². The Bertz CT molecular complexity index is 513. The first-order chi connectivity index (χ1) is 9.79. The number of ether oxygens (including phenoxy) is 1. The van der Waals surface area contributed by atoms with Crippen molar-refractivity contribution in [1.29, 1.82) is 0 Å². The van der Waals surface area contributed by atoms with E-state index in [1.165, 1.54) is 11.1 Å². The van der Waals surface area contributed by atoms with Gasteiger partial charge in [-0.2, -0.15) is 0 Å². The molecule has 0 aliphatic rings. The Balaban J connectivity index is 1.80. The summed E-state index contributed by atoms with van der Waals surface area (Å²) in [6.07, 6.45) is 5.64. The minimum absolute atomic E-state index is 0.00709. The van der Waals surface area contributed by atoms with Gasteiger partial charge in [0.25, 0.3) is 0 Å². The van der Waals surface area contributed by atoms with Crippen LogP contribution < -0.4 is 5.73 Å². The Labute approximate surface area is 120 Å². The van der Waals surface area contributed by atoms with Crippen LogP contribution in [0.1, 0.15) is 29.2 Å². The summed E-state index contributed by atoms with van der Waals surface area (Å²) in [4.78, 5) is 4.02. The van der Waals surface area contributed by atoms with Crippen LogP contribution in [0.2, 0.25) is 0 Å². The molecule has 20 heavy (non-hydrogen) atoms. The van der Waals surface area contributed by atoms with Gasteiger partial charge < -0.3 is 10.5 Å². The highest BCUT2D eigenvalue weighted by atomic mass is 16.5. The number of rotatable bonds is 7. The van der Waals surface area contributed by atoms with E-state index >= 15 is 0 Å². The van der Waals surface area contributed by atoms with Gasteiger partial charge in [-0.25, -0.2) is 0 Å². The fourth-order valence-electron chi connectivity index (χ4n) is 2.22. The molecule has 3 nitrogen and oxygen atoms in total. The first kappa shape index (κ1) is 14.7. The third-order valence-electron chi connectivity index (χ3n) is 3.31. The molecule has 1 aromatic carbocycles. The van der Waals surface area contributed by atoms with Crippen molar-refractivity contribution in [3.63, 3.8) is 0 Å². The molecule has 1 unspecified atom stereocenters. The second-order valence-corrected chi connectivity index (χ2v) is 4.97. The molecule has 2 N–H and O–H groups in total. The van der Waals surface area contributed by atoms with Gasteiger partial charge in [-0.05, 0) is 43.0 Å². The summed E-state index contributed by atoms with van der Waals surface area (Å²) in [5.41, 5.74) is 9.51. The van der Waals surface area contributed by atoms with Crippen molar-refractivity contribution >= 4 is 0 Å². The number of benzene rings is 1. The van der Waals surface area contributed by atoms with E-state index in [4.69, 9.17) is 10.5 Å². The first-order valence-electron chi connectivity index (χ1n) is 7.06. The molecule has 0 saturated heterocycles. The van der Waals surface area contributed by atoms with E-state index in [1.807, 2.05) is 30.6 Å². The largest absolute Gasteiger partial charge is 0.372 e. The van der Waals surface area contributed by atoms with Crippen molar-refractivity contribution in [2.24, 2.45) is 5.73 Å². The van der Waals surface area contributed by atoms with Gasteiger partial charge in [-0.1, -0.05) is 29.8 Å². The highest BCUT2D eigenvalue weighted by molar-refractivity contribution is 5.24. The molecule has 0 fully saturated rings. The molecule has 2 rings (SSSR count). The van der Waals surface area contributed by atoms with E-state index in [2.05, 4.69) is 30.1 Å². The van der Waals surface area contributed by atoms with Gasteiger partial charge in [-0.15, -0.1) is 0 Å². The molecule has 1 heterocycles. The predicted molar refractivity (Wildman–Crippen MR) is 81.5 cm³/mol. The standard InChI is InChI=1S/C17H22N2O/c1-14-4-2-6-16(12-14)17(13-18)20-11-3-5-15-7-9-19-10-8-15/h2,4,6-10,12,17H,3,5,11,13,18H2,1H3. The number of aromatic nitrogens is 1. The van der Waals surface area contributed by atoms with Gasteiger partial charge in [0.15, 0.2) is 0 Å². The van der Waals surface area contributed by atoms with Crippen molar-refractivity contribution in [3.8, 4) is 0 Å². The van der Waals surface area contributed by atoms with E-state index in [-0.39, 0.29) is 6.10 Å². The zero-order valence-corrected chi connectivity index (χ0v) is 12.0. The second kappa shape index (κ2) is 7.78. The van der Waals surface area contributed by atoms with E-state index < -0.39 is 0 Å². The molecule has 0 aliphatic heterocycles. The lowest BCUT2D eigenvalue weighted by molar-refractivity contribution is 0.0570. The maximum absolute atomic E-state index is 5.91. The number of hydrogen-bond donors (Lipinski definition) is 1. The molecule has 0 radical (unpaired) electrons. The molecule has 0 amide bonds. The second-order valence-electron chi connectivity index (χ2n) is 4.97. The Morgan fingerprint density at radius 1 is 1.20 bits per heavy atom. The lowest BCUT2D eigenvalue weighted by Gasteiger charge is -2.17. The quantitative estimate of drug-likeness (QED) is 0.787. The number of pyridine rings is 1. The zero-order chi connectivity index (χ0) is 14.2. The molecule has 2 aromatic rings. The summed E-state index contributed by atoms with van der Waals surface area (Å²) in [5.74, 6) is 0. The average molecular weight is 270 g/mol. The Morgan fingerprint density at radius 2 is 2.00 bits per heavy atom. The SMILES string of the molecule is Cc1cccc(C(CN)OCCCc2ccncc2)c1. The topological polar surface area (TPSA) is 48.1 Å². The summed E-state index contributed by atoms with van der Waals surface area (Å²) in [6, 6.07) is 12.4. The number of nitrogens with zero attached hydrogens (tertiary/aromatic N) is 1. The molecule has 106 valence electrons. The third kappa shape index (κ3) is 4.44. The van der Waals surface area contributed by atoms with Crippen LogP contribution in [0.25, 0.3) is 0 Å². The molecule has 0 bridgehead atoms. The minimum Gasteiger partial charge on any atom is -0.372 e. The van der Waals surface area contributed by atoms with Gasteiger partial charge in [0.05, 0.1) is 6.10 Å². The van der Waals surface area contributed by atoms with Crippen molar-refractivity contribution < 1.29 is 4.74 Å². The van der Waals surface area contributed by atoms with Crippen LogP contribution in [0.5, 0.6) is 0 Å². The van der Waals surface area contributed by atoms with Crippen LogP contribution in [0.15, 0.2) is 48.8 Å². The van der Waals surface area contributed by atoms with Gasteiger partial charge in [-0.3, -0.25) is 4.98 Å². The van der Waals surface area contributed by atoms with Gasteiger partial charge >= 0.3 is 0 Å². The number of nitrogens with two attached hydrogens (primary N) is 1. The summed E-state index contributed by atoms with van der Waals surface area (Å²) in [6.45, 7) is 3.32. The van der Waals surface area contributed by atoms with Crippen molar-refractivity contribution in [2.75, 3.05) is 13.2 Å². The van der Waals surface area contributed by atoms with Crippen molar-refractivity contribution in [2.45, 2.75) is 25.9 Å². The number of aryl methyl sites for hydroxylation is 2. The van der Waals surface area contributed by atoms with Gasteiger partial charge in [0, 0.05) is 25.5 Å². The minimum atomic E-state index is -0.00709. The Hall–Kier alpha value is -1.71.